The van der Waals surface area contributed by atoms with Gasteiger partial charge in [0.2, 0.25) is 0 Å². The maximum absolute atomic E-state index is 12.4. The summed E-state index contributed by atoms with van der Waals surface area (Å²) in [6.45, 7) is 7.52. The van der Waals surface area contributed by atoms with Crippen LogP contribution in [0.4, 0.5) is 5.69 Å². The molecule has 4 nitrogen and oxygen atoms in total. The molecule has 4 heteroatoms. The van der Waals surface area contributed by atoms with Gasteiger partial charge in [-0.25, -0.2) is 0 Å². The molecule has 1 amide bonds. The van der Waals surface area contributed by atoms with Gasteiger partial charge >= 0.3 is 0 Å². The van der Waals surface area contributed by atoms with Gasteiger partial charge in [0.15, 0.2) is 6.54 Å². The number of benzene rings is 2. The van der Waals surface area contributed by atoms with E-state index in [1.165, 1.54) is 16.0 Å². The van der Waals surface area contributed by atoms with Gasteiger partial charge in [-0.3, -0.25) is 4.79 Å². The van der Waals surface area contributed by atoms with Crippen LogP contribution in [-0.4, -0.2) is 33.2 Å². The van der Waals surface area contributed by atoms with Crippen molar-refractivity contribution < 1.29 is 14.4 Å². The zero-order valence-corrected chi connectivity index (χ0v) is 15.9. The van der Waals surface area contributed by atoms with E-state index < -0.39 is 0 Å². The fourth-order valence-corrected chi connectivity index (χ4v) is 3.07. The SMILES string of the molecule is COc1ccc(CC[NH+](C)CC(=O)Nc2c(C)cc(C)cc2C)cc1. The molecule has 0 radical (unpaired) electrons. The molecule has 134 valence electrons. The number of amides is 1. The first-order chi connectivity index (χ1) is 11.9. The van der Waals surface area contributed by atoms with Crippen LogP contribution in [0.5, 0.6) is 5.75 Å². The molecule has 2 N–H and O–H groups in total. The molecule has 0 saturated heterocycles. The van der Waals surface area contributed by atoms with Gasteiger partial charge in [0.05, 0.1) is 20.7 Å². The van der Waals surface area contributed by atoms with Crippen molar-refractivity contribution in [1.82, 2.24) is 0 Å². The molecule has 0 aliphatic heterocycles. The Morgan fingerprint density at radius 3 is 2.24 bits per heavy atom. The summed E-state index contributed by atoms with van der Waals surface area (Å²) in [5, 5.41) is 3.07. The lowest BCUT2D eigenvalue weighted by molar-refractivity contribution is -0.870. The van der Waals surface area contributed by atoms with Crippen LogP contribution < -0.4 is 15.0 Å². The minimum absolute atomic E-state index is 0.0577. The molecule has 0 aliphatic carbocycles. The molecule has 0 bridgehead atoms. The molecule has 0 spiro atoms. The Hall–Kier alpha value is -2.33. The van der Waals surface area contributed by atoms with Gasteiger partial charge in [0, 0.05) is 12.1 Å². The fraction of sp³-hybridized carbons (Fsp3) is 0.381. The van der Waals surface area contributed by atoms with Gasteiger partial charge in [-0.2, -0.15) is 0 Å². The summed E-state index contributed by atoms with van der Waals surface area (Å²) >= 11 is 0. The summed E-state index contributed by atoms with van der Waals surface area (Å²) < 4.78 is 5.17. The number of quaternary nitrogens is 1. The number of nitrogens with one attached hydrogen (secondary N) is 2. The van der Waals surface area contributed by atoms with Crippen LogP contribution in [0.25, 0.3) is 0 Å². The van der Waals surface area contributed by atoms with Crippen LogP contribution in [0.15, 0.2) is 36.4 Å². The van der Waals surface area contributed by atoms with Gasteiger partial charge in [-0.15, -0.1) is 0 Å². The highest BCUT2D eigenvalue weighted by Gasteiger charge is 2.13. The molecular weight excluding hydrogens is 312 g/mol. The molecular formula is C21H29N2O2+. The van der Waals surface area contributed by atoms with E-state index in [9.17, 15) is 4.79 Å². The Morgan fingerprint density at radius 2 is 1.68 bits per heavy atom. The van der Waals surface area contributed by atoms with Crippen LogP contribution in [0, 0.1) is 20.8 Å². The fourth-order valence-electron chi connectivity index (χ4n) is 3.07. The summed E-state index contributed by atoms with van der Waals surface area (Å²) in [4.78, 5) is 13.5. The van der Waals surface area contributed by atoms with E-state index in [1.807, 2.05) is 26.0 Å². The molecule has 1 atom stereocenters. The summed E-state index contributed by atoms with van der Waals surface area (Å²) in [5.74, 6) is 0.926. The van der Waals surface area contributed by atoms with Crippen LogP contribution in [0.1, 0.15) is 22.3 Å². The number of likely N-dealkylation sites (N-methyl/N-ethyl adjacent to an activating group) is 1. The molecule has 0 aliphatic rings. The molecule has 0 heterocycles. The van der Waals surface area contributed by atoms with Crippen LogP contribution in [0.2, 0.25) is 0 Å². The van der Waals surface area contributed by atoms with E-state index in [2.05, 4.69) is 43.6 Å². The van der Waals surface area contributed by atoms with Gasteiger partial charge < -0.3 is 15.0 Å². The highest BCUT2D eigenvalue weighted by molar-refractivity contribution is 5.93. The van der Waals surface area contributed by atoms with Crippen molar-refractivity contribution in [3.05, 3.63) is 58.7 Å². The quantitative estimate of drug-likeness (QED) is 0.812. The molecule has 0 fully saturated rings. The largest absolute Gasteiger partial charge is 0.497 e. The third-order valence-corrected chi connectivity index (χ3v) is 4.40. The van der Waals surface area contributed by atoms with E-state index >= 15 is 0 Å². The van der Waals surface area contributed by atoms with Crippen molar-refractivity contribution in [2.24, 2.45) is 0 Å². The predicted molar refractivity (Wildman–Crippen MR) is 103 cm³/mol. The lowest BCUT2D eigenvalue weighted by Crippen LogP contribution is -3.10. The lowest BCUT2D eigenvalue weighted by atomic mass is 10.1. The summed E-state index contributed by atoms with van der Waals surface area (Å²) in [5.41, 5.74) is 5.64. The van der Waals surface area contributed by atoms with Crippen molar-refractivity contribution >= 4 is 11.6 Å². The van der Waals surface area contributed by atoms with E-state index in [0.717, 1.165) is 35.5 Å². The number of hydrogen-bond donors (Lipinski definition) is 2. The number of hydrogen-bond acceptors (Lipinski definition) is 2. The number of aryl methyl sites for hydroxylation is 3. The third kappa shape index (κ3) is 5.61. The number of carbonyl (C=O) groups is 1. The molecule has 1 unspecified atom stereocenters. The minimum atomic E-state index is 0.0577. The molecule has 2 aromatic carbocycles. The second kappa shape index (κ2) is 8.67. The summed E-state index contributed by atoms with van der Waals surface area (Å²) in [6, 6.07) is 12.3. The van der Waals surface area contributed by atoms with E-state index in [-0.39, 0.29) is 5.91 Å². The van der Waals surface area contributed by atoms with Crippen LogP contribution in [-0.2, 0) is 11.2 Å². The van der Waals surface area contributed by atoms with Crippen LogP contribution >= 0.6 is 0 Å². The first-order valence-electron chi connectivity index (χ1n) is 8.71. The summed E-state index contributed by atoms with van der Waals surface area (Å²) in [6.07, 6.45) is 0.936. The lowest BCUT2D eigenvalue weighted by Gasteiger charge is -2.16. The van der Waals surface area contributed by atoms with Gasteiger partial charge in [-0.05, 0) is 49.6 Å². The highest BCUT2D eigenvalue weighted by Crippen LogP contribution is 2.21. The molecule has 2 aromatic rings. The predicted octanol–water partition coefficient (Wildman–Crippen LogP) is 2.32. The first-order valence-corrected chi connectivity index (χ1v) is 8.71. The van der Waals surface area contributed by atoms with E-state index in [0.29, 0.717) is 6.54 Å². The van der Waals surface area contributed by atoms with Crippen molar-refractivity contribution in [3.63, 3.8) is 0 Å². The maximum Gasteiger partial charge on any atom is 0.279 e. The average Bonchev–Trinajstić information content (AvgIpc) is 2.56. The number of anilines is 1. The molecule has 25 heavy (non-hydrogen) atoms. The highest BCUT2D eigenvalue weighted by atomic mass is 16.5. The summed E-state index contributed by atoms with van der Waals surface area (Å²) in [7, 11) is 3.72. The van der Waals surface area contributed by atoms with Gasteiger partial charge in [-0.1, -0.05) is 29.8 Å². The van der Waals surface area contributed by atoms with Gasteiger partial charge in [0.25, 0.3) is 5.91 Å². The van der Waals surface area contributed by atoms with Crippen LogP contribution in [0.3, 0.4) is 0 Å². The third-order valence-electron chi connectivity index (χ3n) is 4.40. The Morgan fingerprint density at radius 1 is 1.08 bits per heavy atom. The Labute approximate surface area is 150 Å². The number of ether oxygens (including phenoxy) is 1. The minimum Gasteiger partial charge on any atom is -0.497 e. The zero-order chi connectivity index (χ0) is 18.4. The Kier molecular flexibility index (Phi) is 6.59. The maximum atomic E-state index is 12.4. The van der Waals surface area contributed by atoms with Crippen molar-refractivity contribution in [1.29, 1.82) is 0 Å². The standard InChI is InChI=1S/C21H28N2O2/c1-15-12-16(2)21(17(3)13-15)22-20(24)14-23(4)11-10-18-6-8-19(25-5)9-7-18/h6-9,12-13H,10-11,14H2,1-5H3,(H,22,24)/p+1. The monoisotopic (exact) mass is 341 g/mol. The number of rotatable bonds is 7. The zero-order valence-electron chi connectivity index (χ0n) is 15.9. The topological polar surface area (TPSA) is 42.8 Å². The van der Waals surface area contributed by atoms with E-state index in [4.69, 9.17) is 4.74 Å². The van der Waals surface area contributed by atoms with Crippen molar-refractivity contribution in [2.75, 3.05) is 32.6 Å². The second-order valence-electron chi connectivity index (χ2n) is 6.80. The smallest absolute Gasteiger partial charge is 0.279 e. The molecule has 0 saturated carbocycles. The first kappa shape index (κ1) is 19.0. The number of methoxy groups -OCH3 is 1. The number of carbonyl (C=O) groups excluding carboxylic acids is 1. The van der Waals surface area contributed by atoms with Gasteiger partial charge in [0.1, 0.15) is 5.75 Å². The van der Waals surface area contributed by atoms with Crippen molar-refractivity contribution in [3.8, 4) is 5.75 Å². The Bertz CT molecular complexity index is 700. The van der Waals surface area contributed by atoms with E-state index in [1.54, 1.807) is 7.11 Å². The Balaban J connectivity index is 1.85. The second-order valence-corrected chi connectivity index (χ2v) is 6.80. The van der Waals surface area contributed by atoms with Crippen molar-refractivity contribution in [2.45, 2.75) is 27.2 Å². The normalized spacial score (nSPS) is 11.9. The molecule has 0 aromatic heterocycles. The average molecular weight is 341 g/mol. The molecule has 2 rings (SSSR count).